The largest absolute Gasteiger partial charge is 0.416 e. The van der Waals surface area contributed by atoms with Crippen molar-refractivity contribution in [2.24, 2.45) is 0 Å². The number of alkyl halides is 3. The molecule has 1 unspecified atom stereocenters. The van der Waals surface area contributed by atoms with Crippen molar-refractivity contribution in [1.29, 1.82) is 0 Å². The van der Waals surface area contributed by atoms with E-state index in [0.29, 0.717) is 19.5 Å². The van der Waals surface area contributed by atoms with E-state index in [4.69, 9.17) is 0 Å². The highest BCUT2D eigenvalue weighted by molar-refractivity contribution is 6.02. The van der Waals surface area contributed by atoms with E-state index < -0.39 is 36.2 Å². The number of aromatic amines is 1. The minimum Gasteiger partial charge on any atom is -0.394 e. The summed E-state index contributed by atoms with van der Waals surface area (Å²) in [6, 6.07) is 17.6. The number of nitrogens with zero attached hydrogens (tertiary/aromatic N) is 1. The zero-order valence-electron chi connectivity index (χ0n) is 20.2. The second kappa shape index (κ2) is 10.2. The van der Waals surface area contributed by atoms with Crippen LogP contribution in [0.25, 0.3) is 10.9 Å². The Bertz CT molecular complexity index is 1500. The van der Waals surface area contributed by atoms with Gasteiger partial charge in [0.25, 0.3) is 5.91 Å². The van der Waals surface area contributed by atoms with E-state index >= 15 is 0 Å². The Balaban J connectivity index is 1.30. The lowest BCUT2D eigenvalue weighted by molar-refractivity contribution is -0.137. The quantitative estimate of drug-likeness (QED) is 0.298. The van der Waals surface area contributed by atoms with Crippen LogP contribution in [0.15, 0.2) is 72.8 Å². The van der Waals surface area contributed by atoms with Crippen LogP contribution in [-0.4, -0.2) is 46.0 Å². The number of halogens is 3. The number of fused-ring (bicyclic) bond motifs is 3. The first-order chi connectivity index (χ1) is 18.2. The van der Waals surface area contributed by atoms with Crippen molar-refractivity contribution in [2.45, 2.75) is 25.2 Å². The molecule has 2 heterocycles. The molecule has 0 aliphatic carbocycles. The number of hydrogen-bond donors (Lipinski definition) is 4. The summed E-state index contributed by atoms with van der Waals surface area (Å²) >= 11 is 0. The van der Waals surface area contributed by atoms with Crippen molar-refractivity contribution in [2.75, 3.05) is 18.5 Å². The Labute approximate surface area is 216 Å². The van der Waals surface area contributed by atoms with Crippen molar-refractivity contribution in [3.63, 3.8) is 0 Å². The molecule has 38 heavy (non-hydrogen) atoms. The van der Waals surface area contributed by atoms with Gasteiger partial charge in [0, 0.05) is 28.8 Å². The van der Waals surface area contributed by atoms with Crippen LogP contribution in [0.1, 0.15) is 27.2 Å². The van der Waals surface area contributed by atoms with Crippen molar-refractivity contribution in [3.8, 4) is 0 Å². The van der Waals surface area contributed by atoms with Gasteiger partial charge in [0.05, 0.1) is 30.0 Å². The van der Waals surface area contributed by atoms with E-state index in [1.807, 2.05) is 24.3 Å². The summed E-state index contributed by atoms with van der Waals surface area (Å²) in [5.41, 5.74) is 2.77. The van der Waals surface area contributed by atoms with Gasteiger partial charge >= 0.3 is 6.18 Å². The molecule has 2 amide bonds. The van der Waals surface area contributed by atoms with E-state index in [2.05, 4.69) is 15.6 Å². The number of carbonyl (C=O) groups excluding carboxylic acids is 2. The minimum absolute atomic E-state index is 0.118. The maximum Gasteiger partial charge on any atom is 0.416 e. The highest BCUT2D eigenvalue weighted by Gasteiger charge is 2.31. The highest BCUT2D eigenvalue weighted by Crippen LogP contribution is 2.32. The molecule has 4 N–H and O–H groups in total. The van der Waals surface area contributed by atoms with E-state index in [9.17, 15) is 27.9 Å². The molecular formula is C28H25F3N4O3. The lowest BCUT2D eigenvalue weighted by atomic mass is 10.0. The lowest BCUT2D eigenvalue weighted by Gasteiger charge is -2.30. The van der Waals surface area contributed by atoms with Gasteiger partial charge in [0.1, 0.15) is 6.04 Å². The lowest BCUT2D eigenvalue weighted by Crippen LogP contribution is -2.51. The molecule has 0 spiro atoms. The van der Waals surface area contributed by atoms with E-state index in [1.54, 1.807) is 23.1 Å². The fourth-order valence-corrected chi connectivity index (χ4v) is 4.74. The first-order valence-electron chi connectivity index (χ1n) is 12.1. The Hall–Kier alpha value is -4.31. The standard InChI is InChI=1S/C28H25F3N4O3/c29-28(30,31)17-6-5-7-18(14-17)32-23-11-4-2-9-21(23)26(37)34-25(16-36)27(38)35-13-12-20-19-8-1-3-10-22(19)33-24(20)15-35/h1-11,14,25,32-33,36H,12-13,15-16H2,(H,34,37). The summed E-state index contributed by atoms with van der Waals surface area (Å²) in [5.74, 6) is -1.07. The molecule has 7 nitrogen and oxygen atoms in total. The molecule has 0 bridgehead atoms. The molecule has 0 saturated heterocycles. The van der Waals surface area contributed by atoms with Crippen LogP contribution in [0.3, 0.4) is 0 Å². The minimum atomic E-state index is -4.51. The predicted molar refractivity (Wildman–Crippen MR) is 137 cm³/mol. The van der Waals surface area contributed by atoms with Gasteiger partial charge in [-0.05, 0) is 48.4 Å². The van der Waals surface area contributed by atoms with Crippen LogP contribution >= 0.6 is 0 Å². The Morgan fingerprint density at radius 1 is 1.03 bits per heavy atom. The third kappa shape index (κ3) is 5.08. The number of nitrogens with one attached hydrogen (secondary N) is 3. The van der Waals surface area contributed by atoms with Crippen molar-refractivity contribution < 1.29 is 27.9 Å². The molecule has 1 aliphatic rings. The number of H-pyrrole nitrogens is 1. The first-order valence-corrected chi connectivity index (χ1v) is 12.1. The molecule has 1 aliphatic heterocycles. The van der Waals surface area contributed by atoms with Crippen LogP contribution in [0.4, 0.5) is 24.5 Å². The number of aromatic nitrogens is 1. The fraction of sp³-hybridized carbons (Fsp3) is 0.214. The number of anilines is 2. The number of amides is 2. The smallest absolute Gasteiger partial charge is 0.394 e. The van der Waals surface area contributed by atoms with Crippen molar-refractivity contribution in [1.82, 2.24) is 15.2 Å². The third-order valence-electron chi connectivity index (χ3n) is 6.62. The molecule has 1 aromatic heterocycles. The van der Waals surface area contributed by atoms with Crippen LogP contribution in [0.2, 0.25) is 0 Å². The summed E-state index contributed by atoms with van der Waals surface area (Å²) in [7, 11) is 0. The normalized spacial score (nSPS) is 14.2. The molecule has 10 heteroatoms. The molecule has 1 atom stereocenters. The fourth-order valence-electron chi connectivity index (χ4n) is 4.74. The molecule has 0 radical (unpaired) electrons. The summed E-state index contributed by atoms with van der Waals surface area (Å²) in [6.45, 7) is 0.153. The Morgan fingerprint density at radius 3 is 2.58 bits per heavy atom. The molecular weight excluding hydrogens is 497 g/mol. The summed E-state index contributed by atoms with van der Waals surface area (Å²) in [4.78, 5) is 31.3. The second-order valence-corrected chi connectivity index (χ2v) is 9.10. The predicted octanol–water partition coefficient (Wildman–Crippen LogP) is 4.61. The first kappa shape index (κ1) is 25.3. The van der Waals surface area contributed by atoms with E-state index in [-0.39, 0.29) is 16.9 Å². The van der Waals surface area contributed by atoms with Crippen LogP contribution < -0.4 is 10.6 Å². The monoisotopic (exact) mass is 522 g/mol. The molecule has 196 valence electrons. The molecule has 3 aromatic carbocycles. The maximum absolute atomic E-state index is 13.2. The number of aliphatic hydroxyl groups is 1. The average Bonchev–Trinajstić information content (AvgIpc) is 3.29. The Morgan fingerprint density at radius 2 is 1.79 bits per heavy atom. The van der Waals surface area contributed by atoms with E-state index in [0.717, 1.165) is 34.3 Å². The van der Waals surface area contributed by atoms with Gasteiger partial charge in [-0.25, -0.2) is 0 Å². The SMILES string of the molecule is O=C(NC(CO)C(=O)N1CCc2c([nH]c3ccccc23)C1)c1ccccc1Nc1cccc(C(F)(F)F)c1. The van der Waals surface area contributed by atoms with Gasteiger partial charge < -0.3 is 25.6 Å². The van der Waals surface area contributed by atoms with Crippen molar-refractivity contribution >= 4 is 34.1 Å². The van der Waals surface area contributed by atoms with Gasteiger partial charge in [0.15, 0.2) is 0 Å². The zero-order valence-corrected chi connectivity index (χ0v) is 20.2. The van der Waals surface area contributed by atoms with Gasteiger partial charge in [-0.2, -0.15) is 13.2 Å². The summed E-state index contributed by atoms with van der Waals surface area (Å²) in [5, 5.41) is 16.5. The van der Waals surface area contributed by atoms with Gasteiger partial charge in [-0.3, -0.25) is 9.59 Å². The number of benzene rings is 3. The average molecular weight is 523 g/mol. The Kier molecular flexibility index (Phi) is 6.81. The molecule has 5 rings (SSSR count). The maximum atomic E-state index is 13.2. The number of carbonyl (C=O) groups is 2. The molecule has 0 saturated carbocycles. The topological polar surface area (TPSA) is 97.5 Å². The van der Waals surface area contributed by atoms with E-state index in [1.165, 1.54) is 18.2 Å². The van der Waals surface area contributed by atoms with Crippen molar-refractivity contribution in [3.05, 3.63) is 95.2 Å². The van der Waals surface area contributed by atoms with Gasteiger partial charge in [0.2, 0.25) is 5.91 Å². The summed E-state index contributed by atoms with van der Waals surface area (Å²) in [6.07, 6.45) is -3.87. The van der Waals surface area contributed by atoms with Crippen LogP contribution in [0.5, 0.6) is 0 Å². The summed E-state index contributed by atoms with van der Waals surface area (Å²) < 4.78 is 39.3. The molecule has 4 aromatic rings. The number of para-hydroxylation sites is 2. The highest BCUT2D eigenvalue weighted by atomic mass is 19.4. The number of hydrogen-bond acceptors (Lipinski definition) is 4. The van der Waals surface area contributed by atoms with Gasteiger partial charge in [-0.15, -0.1) is 0 Å². The third-order valence-corrected chi connectivity index (χ3v) is 6.62. The van der Waals surface area contributed by atoms with Gasteiger partial charge in [-0.1, -0.05) is 36.4 Å². The number of rotatable bonds is 6. The number of aliphatic hydroxyl groups excluding tert-OH is 1. The van der Waals surface area contributed by atoms with Crippen LogP contribution in [0, 0.1) is 0 Å². The van der Waals surface area contributed by atoms with Crippen LogP contribution in [-0.2, 0) is 23.9 Å². The zero-order chi connectivity index (χ0) is 26.9. The molecule has 0 fully saturated rings. The second-order valence-electron chi connectivity index (χ2n) is 9.10.